The lowest BCUT2D eigenvalue weighted by molar-refractivity contribution is 0.0534. The summed E-state index contributed by atoms with van der Waals surface area (Å²) in [4.78, 5) is 28.9. The van der Waals surface area contributed by atoms with E-state index in [1.54, 1.807) is 17.9 Å². The minimum Gasteiger partial charge on any atom is -0.469 e. The molecule has 1 saturated heterocycles. The zero-order valence-electron chi connectivity index (χ0n) is 14.6. The molecule has 2 aromatic carbocycles. The smallest absolute Gasteiger partial charge is 0.257 e. The molecule has 26 heavy (non-hydrogen) atoms. The van der Waals surface area contributed by atoms with E-state index in [0.29, 0.717) is 43.1 Å². The van der Waals surface area contributed by atoms with Crippen molar-refractivity contribution in [3.63, 3.8) is 0 Å². The molecule has 1 aliphatic rings. The maximum Gasteiger partial charge on any atom is 0.257 e. The molecule has 1 aromatic heterocycles. The van der Waals surface area contributed by atoms with Crippen LogP contribution in [0.5, 0.6) is 0 Å². The molecule has 0 atom stereocenters. The summed E-state index contributed by atoms with van der Waals surface area (Å²) in [6, 6.07) is 15.5. The van der Waals surface area contributed by atoms with Gasteiger partial charge in [0.25, 0.3) is 11.8 Å². The summed E-state index contributed by atoms with van der Waals surface area (Å²) in [5, 5.41) is 2.18. The lowest BCUT2D eigenvalue weighted by atomic mass is 10.1. The number of rotatable bonds is 2. The minimum absolute atomic E-state index is 0.0161. The van der Waals surface area contributed by atoms with Crippen LogP contribution in [0.15, 0.2) is 59.2 Å². The van der Waals surface area contributed by atoms with Crippen molar-refractivity contribution in [3.05, 3.63) is 71.7 Å². The van der Waals surface area contributed by atoms with Crippen molar-refractivity contribution < 1.29 is 14.0 Å². The Balaban J connectivity index is 1.44. The number of nitrogens with zero attached hydrogens (tertiary/aromatic N) is 2. The van der Waals surface area contributed by atoms with Gasteiger partial charge in [-0.15, -0.1) is 0 Å². The molecule has 3 aromatic rings. The third-order valence-corrected chi connectivity index (χ3v) is 4.94. The molecule has 2 amide bonds. The predicted molar refractivity (Wildman–Crippen MR) is 99.2 cm³/mol. The Morgan fingerprint density at radius 1 is 0.846 bits per heavy atom. The third-order valence-electron chi connectivity index (χ3n) is 4.94. The maximum absolute atomic E-state index is 12.8. The number of piperazine rings is 1. The van der Waals surface area contributed by atoms with E-state index >= 15 is 0 Å². The van der Waals surface area contributed by atoms with Gasteiger partial charge < -0.3 is 14.2 Å². The normalized spacial score (nSPS) is 14.7. The molecular formula is C21H20N2O3. The van der Waals surface area contributed by atoms with Gasteiger partial charge in [-0.05, 0) is 35.9 Å². The summed E-state index contributed by atoms with van der Waals surface area (Å²) in [7, 11) is 0. The van der Waals surface area contributed by atoms with E-state index in [1.807, 2.05) is 47.4 Å². The van der Waals surface area contributed by atoms with Gasteiger partial charge in [-0.2, -0.15) is 0 Å². The number of aryl methyl sites for hydroxylation is 1. The van der Waals surface area contributed by atoms with Gasteiger partial charge in [-0.25, -0.2) is 0 Å². The van der Waals surface area contributed by atoms with Gasteiger partial charge in [0.1, 0.15) is 5.76 Å². The Hall–Kier alpha value is -3.08. The summed E-state index contributed by atoms with van der Waals surface area (Å²) in [6.07, 6.45) is 1.53. The van der Waals surface area contributed by atoms with Gasteiger partial charge >= 0.3 is 0 Å². The fourth-order valence-electron chi connectivity index (χ4n) is 3.39. The molecule has 0 unspecified atom stereocenters. The van der Waals surface area contributed by atoms with Crippen molar-refractivity contribution in [2.45, 2.75) is 6.92 Å². The van der Waals surface area contributed by atoms with Crippen LogP contribution in [-0.2, 0) is 0 Å². The third kappa shape index (κ3) is 2.96. The lowest BCUT2D eigenvalue weighted by Crippen LogP contribution is -2.50. The highest BCUT2D eigenvalue weighted by molar-refractivity contribution is 5.99. The molecular weight excluding hydrogens is 328 g/mol. The van der Waals surface area contributed by atoms with Crippen LogP contribution in [0.2, 0.25) is 0 Å². The van der Waals surface area contributed by atoms with Crippen molar-refractivity contribution in [2.24, 2.45) is 0 Å². The van der Waals surface area contributed by atoms with Gasteiger partial charge in [0.05, 0.1) is 11.8 Å². The first-order valence-corrected chi connectivity index (χ1v) is 8.75. The van der Waals surface area contributed by atoms with Crippen LogP contribution in [0, 0.1) is 6.92 Å². The van der Waals surface area contributed by atoms with E-state index in [0.717, 1.165) is 10.8 Å². The topological polar surface area (TPSA) is 53.8 Å². The average molecular weight is 348 g/mol. The SMILES string of the molecule is Cc1occc1C(=O)N1CCN(C(=O)c2ccc3ccccc3c2)CC1. The summed E-state index contributed by atoms with van der Waals surface area (Å²) in [5.41, 5.74) is 1.29. The number of benzene rings is 2. The predicted octanol–water partition coefficient (Wildman–Crippen LogP) is 3.34. The van der Waals surface area contributed by atoms with Crippen molar-refractivity contribution in [1.29, 1.82) is 0 Å². The standard InChI is InChI=1S/C21H20N2O3/c1-15-19(8-13-26-15)21(25)23-11-9-22(10-12-23)20(24)18-7-6-16-4-2-3-5-17(16)14-18/h2-8,13-14H,9-12H2,1H3. The molecule has 2 heterocycles. The van der Waals surface area contributed by atoms with Crippen LogP contribution in [0.25, 0.3) is 10.8 Å². The molecule has 0 saturated carbocycles. The highest BCUT2D eigenvalue weighted by Crippen LogP contribution is 2.18. The van der Waals surface area contributed by atoms with Crippen LogP contribution in [0.4, 0.5) is 0 Å². The zero-order valence-corrected chi connectivity index (χ0v) is 14.6. The second-order valence-electron chi connectivity index (χ2n) is 6.54. The number of furan rings is 1. The monoisotopic (exact) mass is 348 g/mol. The molecule has 132 valence electrons. The summed E-state index contributed by atoms with van der Waals surface area (Å²) in [5.74, 6) is 0.612. The van der Waals surface area contributed by atoms with E-state index in [1.165, 1.54) is 6.26 Å². The number of carbonyl (C=O) groups excluding carboxylic acids is 2. The Morgan fingerprint density at radius 2 is 1.50 bits per heavy atom. The van der Waals surface area contributed by atoms with E-state index in [9.17, 15) is 9.59 Å². The second kappa shape index (κ2) is 6.67. The number of fused-ring (bicyclic) bond motifs is 1. The first-order valence-electron chi connectivity index (χ1n) is 8.75. The largest absolute Gasteiger partial charge is 0.469 e. The molecule has 1 fully saturated rings. The number of hydrogen-bond acceptors (Lipinski definition) is 3. The summed E-state index contributed by atoms with van der Waals surface area (Å²) < 4.78 is 5.22. The van der Waals surface area contributed by atoms with Crippen LogP contribution in [-0.4, -0.2) is 47.8 Å². The highest BCUT2D eigenvalue weighted by Gasteiger charge is 2.26. The van der Waals surface area contributed by atoms with Gasteiger partial charge in [0.15, 0.2) is 0 Å². The number of carbonyl (C=O) groups is 2. The average Bonchev–Trinajstić information content (AvgIpc) is 3.12. The van der Waals surface area contributed by atoms with E-state index < -0.39 is 0 Å². The van der Waals surface area contributed by atoms with Crippen LogP contribution in [0.1, 0.15) is 26.5 Å². The fraction of sp³-hybridized carbons (Fsp3) is 0.238. The molecule has 4 rings (SSSR count). The first-order chi connectivity index (χ1) is 12.6. The lowest BCUT2D eigenvalue weighted by Gasteiger charge is -2.34. The highest BCUT2D eigenvalue weighted by atomic mass is 16.3. The Labute approximate surface area is 151 Å². The molecule has 5 nitrogen and oxygen atoms in total. The van der Waals surface area contributed by atoms with Gasteiger partial charge in [-0.1, -0.05) is 30.3 Å². The minimum atomic E-state index is -0.0333. The number of hydrogen-bond donors (Lipinski definition) is 0. The molecule has 0 N–H and O–H groups in total. The molecule has 1 aliphatic heterocycles. The van der Waals surface area contributed by atoms with E-state index in [-0.39, 0.29) is 11.8 Å². The zero-order chi connectivity index (χ0) is 18.1. The maximum atomic E-state index is 12.8. The molecule has 0 radical (unpaired) electrons. The Morgan fingerprint density at radius 3 is 2.15 bits per heavy atom. The van der Waals surface area contributed by atoms with Gasteiger partial charge in [0, 0.05) is 31.7 Å². The number of amides is 2. The molecule has 5 heteroatoms. The van der Waals surface area contributed by atoms with E-state index in [4.69, 9.17) is 4.42 Å². The Bertz CT molecular complexity index is 968. The van der Waals surface area contributed by atoms with Crippen LogP contribution < -0.4 is 0 Å². The fourth-order valence-corrected chi connectivity index (χ4v) is 3.39. The van der Waals surface area contributed by atoms with Gasteiger partial charge in [-0.3, -0.25) is 9.59 Å². The molecule has 0 aliphatic carbocycles. The van der Waals surface area contributed by atoms with Crippen molar-refractivity contribution in [2.75, 3.05) is 26.2 Å². The first kappa shape index (κ1) is 16.4. The van der Waals surface area contributed by atoms with Crippen molar-refractivity contribution in [3.8, 4) is 0 Å². The van der Waals surface area contributed by atoms with Crippen molar-refractivity contribution in [1.82, 2.24) is 9.80 Å². The molecule has 0 bridgehead atoms. The summed E-state index contributed by atoms with van der Waals surface area (Å²) >= 11 is 0. The van der Waals surface area contributed by atoms with Crippen LogP contribution in [0.3, 0.4) is 0 Å². The van der Waals surface area contributed by atoms with Crippen LogP contribution >= 0.6 is 0 Å². The van der Waals surface area contributed by atoms with E-state index in [2.05, 4.69) is 0 Å². The second-order valence-corrected chi connectivity index (χ2v) is 6.54. The van der Waals surface area contributed by atoms with Crippen molar-refractivity contribution >= 4 is 22.6 Å². The Kier molecular flexibility index (Phi) is 4.21. The summed E-state index contributed by atoms with van der Waals surface area (Å²) in [6.45, 7) is 3.92. The quantitative estimate of drug-likeness (QED) is 0.714. The van der Waals surface area contributed by atoms with Gasteiger partial charge in [0.2, 0.25) is 0 Å². The molecule has 0 spiro atoms.